The third-order valence-corrected chi connectivity index (χ3v) is 5.20. The van der Waals surface area contributed by atoms with E-state index in [1.165, 1.54) is 23.1 Å². The van der Waals surface area contributed by atoms with Gasteiger partial charge in [0, 0.05) is 16.3 Å². The second kappa shape index (κ2) is 5.32. The zero-order valence-corrected chi connectivity index (χ0v) is 12.9. The highest BCUT2D eigenvalue weighted by molar-refractivity contribution is 7.10. The van der Waals surface area contributed by atoms with Gasteiger partial charge < -0.3 is 4.42 Å². The Kier molecular flexibility index (Phi) is 3.32. The van der Waals surface area contributed by atoms with Crippen LogP contribution in [0.2, 0.25) is 0 Å². The quantitative estimate of drug-likeness (QED) is 0.691. The van der Waals surface area contributed by atoms with E-state index in [0.29, 0.717) is 6.04 Å². The van der Waals surface area contributed by atoms with Crippen molar-refractivity contribution in [3.05, 3.63) is 58.5 Å². The van der Waals surface area contributed by atoms with Crippen LogP contribution in [-0.2, 0) is 0 Å². The van der Waals surface area contributed by atoms with E-state index in [-0.39, 0.29) is 6.04 Å². The van der Waals surface area contributed by atoms with Crippen LogP contribution in [0.15, 0.2) is 52.3 Å². The largest absolute Gasteiger partial charge is 0.459 e. The van der Waals surface area contributed by atoms with Gasteiger partial charge in [0.15, 0.2) is 0 Å². The predicted octanol–water partition coefficient (Wildman–Crippen LogP) is 5.30. The van der Waals surface area contributed by atoms with E-state index in [0.717, 1.165) is 17.3 Å². The van der Waals surface area contributed by atoms with Gasteiger partial charge >= 0.3 is 0 Å². The fourth-order valence-corrected chi connectivity index (χ4v) is 3.79. The van der Waals surface area contributed by atoms with E-state index in [1.54, 1.807) is 0 Å². The Labute approximate surface area is 128 Å². The second-order valence-corrected chi connectivity index (χ2v) is 6.88. The number of rotatable bonds is 5. The molecule has 0 bridgehead atoms. The molecule has 108 valence electrons. The summed E-state index contributed by atoms with van der Waals surface area (Å²) in [6, 6.07) is 15.4. The van der Waals surface area contributed by atoms with Gasteiger partial charge in [0.05, 0.1) is 6.04 Å². The van der Waals surface area contributed by atoms with E-state index in [9.17, 15) is 0 Å². The number of nitrogens with one attached hydrogen (secondary N) is 1. The topological polar surface area (TPSA) is 25.2 Å². The first kappa shape index (κ1) is 13.1. The number of hydrogen-bond acceptors (Lipinski definition) is 3. The Morgan fingerprint density at radius 3 is 2.76 bits per heavy atom. The molecule has 0 saturated heterocycles. The zero-order valence-electron chi connectivity index (χ0n) is 12.1. The molecule has 0 aliphatic heterocycles. The molecule has 2 aromatic heterocycles. The Bertz CT molecular complexity index is 694. The summed E-state index contributed by atoms with van der Waals surface area (Å²) in [6.07, 6.45) is 2.67. The number of hydrogen-bond donors (Lipinski definition) is 1. The van der Waals surface area contributed by atoms with E-state index in [1.807, 2.05) is 23.5 Å². The van der Waals surface area contributed by atoms with Gasteiger partial charge in [-0.15, -0.1) is 11.3 Å². The van der Waals surface area contributed by atoms with Crippen molar-refractivity contribution in [2.75, 3.05) is 0 Å². The number of para-hydroxylation sites is 1. The molecule has 4 rings (SSSR count). The molecule has 1 aliphatic carbocycles. The third-order valence-electron chi connectivity index (χ3n) is 4.24. The minimum atomic E-state index is 0.227. The van der Waals surface area contributed by atoms with Crippen molar-refractivity contribution < 1.29 is 4.42 Å². The highest BCUT2D eigenvalue weighted by atomic mass is 32.1. The van der Waals surface area contributed by atoms with Gasteiger partial charge in [-0.25, -0.2) is 0 Å². The molecular formula is C18H19NOS. The van der Waals surface area contributed by atoms with Crippen LogP contribution < -0.4 is 5.32 Å². The first-order valence-electron chi connectivity index (χ1n) is 7.59. The Morgan fingerprint density at radius 1 is 1.19 bits per heavy atom. The van der Waals surface area contributed by atoms with Gasteiger partial charge in [-0.2, -0.15) is 0 Å². The van der Waals surface area contributed by atoms with E-state index in [4.69, 9.17) is 4.42 Å². The molecule has 0 radical (unpaired) electrons. The van der Waals surface area contributed by atoms with Gasteiger partial charge in [0.1, 0.15) is 11.3 Å². The smallest absolute Gasteiger partial charge is 0.134 e. The minimum absolute atomic E-state index is 0.227. The summed E-state index contributed by atoms with van der Waals surface area (Å²) in [7, 11) is 0. The molecule has 3 aromatic rings. The Hall–Kier alpha value is -1.58. The lowest BCUT2D eigenvalue weighted by Crippen LogP contribution is -2.25. The average Bonchev–Trinajstić information content (AvgIpc) is 3.03. The molecule has 2 nitrogen and oxygen atoms in total. The molecule has 3 heteroatoms. The molecule has 2 atom stereocenters. The van der Waals surface area contributed by atoms with Crippen molar-refractivity contribution in [1.82, 2.24) is 5.32 Å². The molecule has 1 aliphatic rings. The van der Waals surface area contributed by atoms with Gasteiger partial charge in [-0.05, 0) is 49.3 Å². The molecule has 1 N–H and O–H groups in total. The van der Waals surface area contributed by atoms with Gasteiger partial charge in [0.2, 0.25) is 0 Å². The summed E-state index contributed by atoms with van der Waals surface area (Å²) < 4.78 is 5.99. The number of furan rings is 1. The van der Waals surface area contributed by atoms with Crippen LogP contribution in [0.3, 0.4) is 0 Å². The molecule has 1 aromatic carbocycles. The highest BCUT2D eigenvalue weighted by Gasteiger charge is 2.34. The highest BCUT2D eigenvalue weighted by Crippen LogP contribution is 2.43. The Balaban J connectivity index is 1.57. The van der Waals surface area contributed by atoms with E-state index in [2.05, 4.69) is 48.0 Å². The summed E-state index contributed by atoms with van der Waals surface area (Å²) in [5, 5.41) is 7.12. The molecule has 1 saturated carbocycles. The lowest BCUT2D eigenvalue weighted by Gasteiger charge is -2.21. The van der Waals surface area contributed by atoms with Crippen molar-refractivity contribution >= 4 is 22.3 Å². The maximum atomic E-state index is 5.99. The third kappa shape index (κ3) is 2.63. The van der Waals surface area contributed by atoms with Crippen molar-refractivity contribution in [1.29, 1.82) is 0 Å². The van der Waals surface area contributed by atoms with Crippen LogP contribution in [0.5, 0.6) is 0 Å². The summed E-state index contributed by atoms with van der Waals surface area (Å²) in [4.78, 5) is 1.44. The fourth-order valence-electron chi connectivity index (χ4n) is 2.92. The lowest BCUT2D eigenvalue weighted by molar-refractivity contribution is 0.384. The summed E-state index contributed by atoms with van der Waals surface area (Å²) in [5.74, 6) is 1.81. The zero-order chi connectivity index (χ0) is 14.2. The predicted molar refractivity (Wildman–Crippen MR) is 87.5 cm³/mol. The lowest BCUT2D eigenvalue weighted by atomic mass is 10.1. The monoisotopic (exact) mass is 297 g/mol. The minimum Gasteiger partial charge on any atom is -0.459 e. The van der Waals surface area contributed by atoms with Gasteiger partial charge in [0.25, 0.3) is 0 Å². The Morgan fingerprint density at radius 2 is 2.05 bits per heavy atom. The summed E-state index contributed by atoms with van der Waals surface area (Å²) in [6.45, 7) is 2.20. The molecule has 1 fully saturated rings. The van der Waals surface area contributed by atoms with Crippen molar-refractivity contribution in [2.45, 2.75) is 31.8 Å². The fraction of sp³-hybridized carbons (Fsp3) is 0.333. The maximum absolute atomic E-state index is 5.99. The van der Waals surface area contributed by atoms with Crippen LogP contribution in [0.25, 0.3) is 11.0 Å². The van der Waals surface area contributed by atoms with Crippen molar-refractivity contribution in [2.24, 2.45) is 5.92 Å². The summed E-state index contributed by atoms with van der Waals surface area (Å²) in [5.41, 5.74) is 0.972. The molecule has 0 spiro atoms. The molecular weight excluding hydrogens is 278 g/mol. The standard InChI is InChI=1S/C18H19NOS/c1-12(16-11-14-5-2-3-6-15(14)20-16)19-18(13-8-9-13)17-7-4-10-21-17/h2-7,10-13,18-19H,8-9H2,1H3. The molecule has 0 amide bonds. The average molecular weight is 297 g/mol. The van der Waals surface area contributed by atoms with Crippen LogP contribution >= 0.6 is 11.3 Å². The number of benzene rings is 1. The van der Waals surface area contributed by atoms with Crippen molar-refractivity contribution in [3.63, 3.8) is 0 Å². The summed E-state index contributed by atoms with van der Waals surface area (Å²) >= 11 is 1.85. The van der Waals surface area contributed by atoms with Crippen LogP contribution in [-0.4, -0.2) is 0 Å². The SMILES string of the molecule is CC(NC(c1cccs1)C1CC1)c1cc2ccccc2o1. The van der Waals surface area contributed by atoms with Crippen LogP contribution in [0.4, 0.5) is 0 Å². The van der Waals surface area contributed by atoms with E-state index >= 15 is 0 Å². The van der Waals surface area contributed by atoms with Gasteiger partial charge in [-0.1, -0.05) is 24.3 Å². The second-order valence-electron chi connectivity index (χ2n) is 5.91. The number of thiophene rings is 1. The first-order chi connectivity index (χ1) is 10.3. The maximum Gasteiger partial charge on any atom is 0.134 e. The first-order valence-corrected chi connectivity index (χ1v) is 8.47. The number of fused-ring (bicyclic) bond motifs is 1. The van der Waals surface area contributed by atoms with Crippen molar-refractivity contribution in [3.8, 4) is 0 Å². The normalized spacial score (nSPS) is 18.0. The van der Waals surface area contributed by atoms with Crippen LogP contribution in [0, 0.1) is 5.92 Å². The van der Waals surface area contributed by atoms with E-state index < -0.39 is 0 Å². The molecule has 21 heavy (non-hydrogen) atoms. The van der Waals surface area contributed by atoms with Gasteiger partial charge in [-0.3, -0.25) is 5.32 Å². The molecule has 2 unspecified atom stereocenters. The molecule has 2 heterocycles. The van der Waals surface area contributed by atoms with Crippen LogP contribution in [0.1, 0.15) is 42.5 Å².